The number of amides is 1. The first-order valence-electron chi connectivity index (χ1n) is 24.9. The number of unbranched alkanes of at least 4 members (excludes halogenated alkanes) is 30. The molecule has 0 rings (SSSR count). The second-order valence-electron chi connectivity index (χ2n) is 17.2. The van der Waals surface area contributed by atoms with Crippen LogP contribution in [0.2, 0.25) is 0 Å². The number of allylic oxidation sites excluding steroid dienone is 6. The summed E-state index contributed by atoms with van der Waals surface area (Å²) in [6.45, 7) is 4.04. The second kappa shape index (κ2) is 45.6. The first-order valence-corrected chi connectivity index (χ1v) is 24.9. The van der Waals surface area contributed by atoms with Gasteiger partial charge in [0.15, 0.2) is 0 Å². The van der Waals surface area contributed by atoms with Gasteiger partial charge in [0, 0.05) is 0 Å². The number of hydrogen-bond acceptors (Lipinski definition) is 5. The van der Waals surface area contributed by atoms with E-state index in [0.717, 1.165) is 44.9 Å². The number of rotatable bonds is 45. The van der Waals surface area contributed by atoms with E-state index in [1.165, 1.54) is 180 Å². The summed E-state index contributed by atoms with van der Waals surface area (Å²) in [7, 11) is 0. The zero-order chi connectivity index (χ0) is 41.7. The van der Waals surface area contributed by atoms with Crippen LogP contribution in [0.15, 0.2) is 36.5 Å². The van der Waals surface area contributed by atoms with Crippen LogP contribution in [0.25, 0.3) is 0 Å². The lowest BCUT2D eigenvalue weighted by Gasteiger charge is -2.27. The summed E-state index contributed by atoms with van der Waals surface area (Å²) < 4.78 is 0. The number of aliphatic hydroxyl groups is 4. The summed E-state index contributed by atoms with van der Waals surface area (Å²) in [6.07, 6.45) is 54.8. The van der Waals surface area contributed by atoms with Gasteiger partial charge in [0.05, 0.1) is 18.8 Å². The van der Waals surface area contributed by atoms with Crippen molar-refractivity contribution >= 4 is 5.91 Å². The molecule has 0 aliphatic heterocycles. The minimum Gasteiger partial charge on any atom is -0.394 e. The van der Waals surface area contributed by atoms with E-state index in [1.807, 2.05) is 0 Å². The lowest BCUT2D eigenvalue weighted by molar-refractivity contribution is -0.132. The zero-order valence-electron chi connectivity index (χ0n) is 37.8. The fraction of sp³-hybridized carbons (Fsp3) is 0.863. The molecule has 57 heavy (non-hydrogen) atoms. The topological polar surface area (TPSA) is 110 Å². The Morgan fingerprint density at radius 3 is 1.16 bits per heavy atom. The van der Waals surface area contributed by atoms with Gasteiger partial charge in [-0.05, 0) is 70.6 Å². The van der Waals surface area contributed by atoms with E-state index < -0.39 is 36.9 Å². The molecular formula is C51H97NO5. The molecule has 0 spiro atoms. The highest BCUT2D eigenvalue weighted by Gasteiger charge is 2.28. The smallest absolute Gasteiger partial charge is 0.249 e. The summed E-state index contributed by atoms with van der Waals surface area (Å²) >= 11 is 0. The second-order valence-corrected chi connectivity index (χ2v) is 17.2. The molecule has 0 aromatic heterocycles. The molecule has 0 saturated carbocycles. The zero-order valence-corrected chi connectivity index (χ0v) is 37.8. The van der Waals surface area contributed by atoms with E-state index in [4.69, 9.17) is 0 Å². The van der Waals surface area contributed by atoms with Gasteiger partial charge in [0.2, 0.25) is 5.91 Å². The van der Waals surface area contributed by atoms with Crippen LogP contribution in [0.1, 0.15) is 251 Å². The Kier molecular flexibility index (Phi) is 44.4. The molecule has 6 nitrogen and oxygen atoms in total. The van der Waals surface area contributed by atoms with Crippen molar-refractivity contribution in [2.75, 3.05) is 6.61 Å². The van der Waals surface area contributed by atoms with Crippen LogP contribution in [0.3, 0.4) is 0 Å². The number of hydrogen-bond donors (Lipinski definition) is 5. The standard InChI is InChI=1S/C51H97NO5/c1-3-5-7-9-11-13-15-17-18-19-20-21-22-23-24-25-26-27-28-29-30-31-33-35-37-39-41-43-45-49(55)51(57)52-47(46-53)50(56)48(54)44-42-40-38-36-34-32-16-14-12-10-8-6-4-2/h20-21,23-24,36,38,47-50,53-56H,3-19,22,25-35,37,39-46H2,1-2H3,(H,52,57)/b21-20-,24-23-,38-36+. The van der Waals surface area contributed by atoms with Crippen LogP contribution < -0.4 is 5.32 Å². The van der Waals surface area contributed by atoms with E-state index >= 15 is 0 Å². The van der Waals surface area contributed by atoms with Gasteiger partial charge in [-0.15, -0.1) is 0 Å². The lowest BCUT2D eigenvalue weighted by atomic mass is 10.00. The molecule has 0 radical (unpaired) electrons. The monoisotopic (exact) mass is 804 g/mol. The Morgan fingerprint density at radius 1 is 0.439 bits per heavy atom. The molecule has 0 aliphatic carbocycles. The molecule has 5 N–H and O–H groups in total. The summed E-state index contributed by atoms with van der Waals surface area (Å²) in [6, 6.07) is -1.00. The molecule has 4 atom stereocenters. The fourth-order valence-corrected chi connectivity index (χ4v) is 7.61. The van der Waals surface area contributed by atoms with E-state index in [-0.39, 0.29) is 0 Å². The lowest BCUT2D eigenvalue weighted by Crippen LogP contribution is -2.53. The Labute approximate surface area is 354 Å². The summed E-state index contributed by atoms with van der Waals surface area (Å²) in [4.78, 5) is 12.5. The van der Waals surface area contributed by atoms with Crippen LogP contribution >= 0.6 is 0 Å². The maximum atomic E-state index is 12.5. The molecule has 4 unspecified atom stereocenters. The van der Waals surface area contributed by atoms with E-state index in [0.29, 0.717) is 12.8 Å². The van der Waals surface area contributed by atoms with Crippen molar-refractivity contribution < 1.29 is 25.2 Å². The third kappa shape index (κ3) is 39.7. The van der Waals surface area contributed by atoms with Gasteiger partial charge in [0.25, 0.3) is 0 Å². The third-order valence-corrected chi connectivity index (χ3v) is 11.6. The molecule has 0 saturated heterocycles. The Morgan fingerprint density at radius 2 is 0.772 bits per heavy atom. The van der Waals surface area contributed by atoms with Gasteiger partial charge in [-0.25, -0.2) is 0 Å². The average molecular weight is 804 g/mol. The first-order chi connectivity index (χ1) is 28.0. The van der Waals surface area contributed by atoms with E-state index in [2.05, 4.69) is 55.6 Å². The highest BCUT2D eigenvalue weighted by molar-refractivity contribution is 5.80. The van der Waals surface area contributed by atoms with Crippen molar-refractivity contribution in [3.8, 4) is 0 Å². The van der Waals surface area contributed by atoms with Crippen LogP contribution in [-0.4, -0.2) is 57.3 Å². The summed E-state index contributed by atoms with van der Waals surface area (Å²) in [5.41, 5.74) is 0. The molecule has 0 fully saturated rings. The SMILES string of the molecule is CCCCCCCCCC/C=C/CCCC(O)C(O)C(CO)NC(=O)C(O)CCCCCCCCCCCCCC/C=C\C/C=C\CCCCCCCCCCC. The molecule has 0 aromatic rings. The van der Waals surface area contributed by atoms with Crippen LogP contribution in [0.5, 0.6) is 0 Å². The Bertz CT molecular complexity index is 904. The number of nitrogens with one attached hydrogen (secondary N) is 1. The summed E-state index contributed by atoms with van der Waals surface area (Å²) in [5, 5.41) is 43.7. The molecule has 6 heteroatoms. The Hall–Kier alpha value is -1.47. The molecule has 1 amide bonds. The normalized spacial score (nSPS) is 14.3. The number of aliphatic hydroxyl groups excluding tert-OH is 4. The van der Waals surface area contributed by atoms with Gasteiger partial charge in [-0.2, -0.15) is 0 Å². The van der Waals surface area contributed by atoms with Crippen molar-refractivity contribution in [3.63, 3.8) is 0 Å². The van der Waals surface area contributed by atoms with Gasteiger partial charge in [-0.3, -0.25) is 4.79 Å². The van der Waals surface area contributed by atoms with Crippen molar-refractivity contribution in [2.24, 2.45) is 0 Å². The molecule has 0 aromatic carbocycles. The van der Waals surface area contributed by atoms with E-state index in [9.17, 15) is 25.2 Å². The largest absolute Gasteiger partial charge is 0.394 e. The number of carbonyl (C=O) groups is 1. The minimum atomic E-state index is -1.28. The minimum absolute atomic E-state index is 0.361. The van der Waals surface area contributed by atoms with Crippen molar-refractivity contribution in [1.29, 1.82) is 0 Å². The highest BCUT2D eigenvalue weighted by atomic mass is 16.3. The fourth-order valence-electron chi connectivity index (χ4n) is 7.61. The predicted octanol–water partition coefficient (Wildman–Crippen LogP) is 13.7. The van der Waals surface area contributed by atoms with Crippen molar-refractivity contribution in [1.82, 2.24) is 5.32 Å². The molecular weight excluding hydrogens is 707 g/mol. The first kappa shape index (κ1) is 55.5. The highest BCUT2D eigenvalue weighted by Crippen LogP contribution is 2.16. The molecule has 0 aliphatic rings. The molecule has 336 valence electrons. The van der Waals surface area contributed by atoms with Gasteiger partial charge >= 0.3 is 0 Å². The third-order valence-electron chi connectivity index (χ3n) is 11.6. The molecule has 0 bridgehead atoms. The van der Waals surface area contributed by atoms with Crippen molar-refractivity contribution in [3.05, 3.63) is 36.5 Å². The van der Waals surface area contributed by atoms with Crippen LogP contribution in [-0.2, 0) is 4.79 Å². The maximum Gasteiger partial charge on any atom is 0.249 e. The Balaban J connectivity index is 3.66. The van der Waals surface area contributed by atoms with Gasteiger partial charge in [-0.1, -0.05) is 217 Å². The van der Waals surface area contributed by atoms with Gasteiger partial charge < -0.3 is 25.7 Å². The summed E-state index contributed by atoms with van der Waals surface area (Å²) in [5.74, 6) is -0.594. The van der Waals surface area contributed by atoms with E-state index in [1.54, 1.807) is 0 Å². The number of carbonyl (C=O) groups excluding carboxylic acids is 1. The van der Waals surface area contributed by atoms with Crippen LogP contribution in [0, 0.1) is 0 Å². The van der Waals surface area contributed by atoms with Gasteiger partial charge in [0.1, 0.15) is 12.2 Å². The predicted molar refractivity (Wildman–Crippen MR) is 247 cm³/mol. The maximum absolute atomic E-state index is 12.5. The van der Waals surface area contributed by atoms with Crippen molar-refractivity contribution in [2.45, 2.75) is 276 Å². The molecule has 0 heterocycles. The quantitative estimate of drug-likeness (QED) is 0.0311. The van der Waals surface area contributed by atoms with Crippen LogP contribution in [0.4, 0.5) is 0 Å². The average Bonchev–Trinajstić information content (AvgIpc) is 3.22.